The largest absolute Gasteiger partial charge is 0.482 e. The summed E-state index contributed by atoms with van der Waals surface area (Å²) in [6, 6.07) is 19.6. The Kier molecular flexibility index (Phi) is 6.57. The van der Waals surface area contributed by atoms with Crippen molar-refractivity contribution in [2.75, 3.05) is 13.2 Å². The normalized spacial score (nSPS) is 15.4. The molecule has 1 heterocycles. The number of oxime groups is 1. The first-order valence-electron chi connectivity index (χ1n) is 10.3. The number of carboxylic acid groups (broad SMARTS) is 1. The minimum Gasteiger partial charge on any atom is -0.482 e. The molecule has 1 aromatic heterocycles. The average molecular weight is 416 g/mol. The molecule has 1 aliphatic rings. The van der Waals surface area contributed by atoms with Crippen LogP contribution in [0.3, 0.4) is 0 Å². The maximum absolute atomic E-state index is 10.8. The molecule has 0 bridgehead atoms. The molecule has 0 saturated carbocycles. The second-order valence-corrected chi connectivity index (χ2v) is 7.41. The van der Waals surface area contributed by atoms with Gasteiger partial charge in [0.1, 0.15) is 18.1 Å². The predicted molar refractivity (Wildman–Crippen MR) is 118 cm³/mol. The second kappa shape index (κ2) is 9.89. The van der Waals surface area contributed by atoms with Crippen LogP contribution in [0.25, 0.3) is 0 Å². The number of ether oxygens (including phenoxy) is 1. The topological polar surface area (TPSA) is 81.0 Å². The molecule has 0 radical (unpaired) electrons. The van der Waals surface area contributed by atoms with Crippen molar-refractivity contribution >= 4 is 11.7 Å². The molecule has 0 spiro atoms. The van der Waals surface area contributed by atoms with Crippen molar-refractivity contribution in [3.05, 3.63) is 95.3 Å². The van der Waals surface area contributed by atoms with Gasteiger partial charge in [-0.3, -0.25) is 4.98 Å². The molecule has 4 rings (SSSR count). The maximum atomic E-state index is 10.8. The third-order valence-electron chi connectivity index (χ3n) is 5.40. The van der Waals surface area contributed by atoms with E-state index in [0.717, 1.165) is 41.7 Å². The summed E-state index contributed by atoms with van der Waals surface area (Å²) in [4.78, 5) is 20.8. The number of hydrogen-bond donors (Lipinski definition) is 1. The van der Waals surface area contributed by atoms with Crippen LogP contribution in [0, 0.1) is 0 Å². The molecule has 0 amide bonds. The van der Waals surface area contributed by atoms with Gasteiger partial charge in [0.15, 0.2) is 6.61 Å². The van der Waals surface area contributed by atoms with Gasteiger partial charge in [0, 0.05) is 23.5 Å². The van der Waals surface area contributed by atoms with Crippen molar-refractivity contribution in [2.24, 2.45) is 5.16 Å². The highest BCUT2D eigenvalue weighted by molar-refractivity contribution is 6.12. The number of carboxylic acids is 1. The van der Waals surface area contributed by atoms with Crippen molar-refractivity contribution in [3.8, 4) is 5.75 Å². The minimum atomic E-state index is -0.971. The van der Waals surface area contributed by atoms with Crippen molar-refractivity contribution in [2.45, 2.75) is 25.2 Å². The summed E-state index contributed by atoms with van der Waals surface area (Å²) in [6.45, 7) is 0.163. The Morgan fingerprint density at radius 2 is 1.90 bits per heavy atom. The molecule has 0 fully saturated rings. The first kappa shape index (κ1) is 20.6. The molecular weight excluding hydrogens is 392 g/mol. The lowest BCUT2D eigenvalue weighted by Gasteiger charge is -2.13. The molecule has 0 aliphatic heterocycles. The summed E-state index contributed by atoms with van der Waals surface area (Å²) < 4.78 is 5.46. The standard InChI is InChI=1S/C25H24N2O4/c28-24(29)17-30-23-10-4-9-21-18(11-12-22(21)23)13-15-31-27-25(19-6-2-1-3-7-19)20-8-5-14-26-16-20/h1-10,14,16,18H,11-13,15,17H2,(H,28,29)/b27-25-. The molecule has 1 unspecified atom stereocenters. The van der Waals surface area contributed by atoms with Crippen LogP contribution in [0.4, 0.5) is 0 Å². The number of nitrogens with zero attached hydrogens (tertiary/aromatic N) is 2. The SMILES string of the molecule is O=C(O)COc1cccc2c1CCC2CCO/N=C(/c1ccccc1)c1cccnc1. The quantitative estimate of drug-likeness (QED) is 0.317. The summed E-state index contributed by atoms with van der Waals surface area (Å²) in [5.74, 6) is 0.0441. The fraction of sp³-hybridized carbons (Fsp3) is 0.240. The monoisotopic (exact) mass is 416 g/mol. The lowest BCUT2D eigenvalue weighted by atomic mass is 9.98. The molecule has 0 saturated heterocycles. The average Bonchev–Trinajstić information content (AvgIpc) is 3.22. The van der Waals surface area contributed by atoms with E-state index in [2.05, 4.69) is 16.2 Å². The van der Waals surface area contributed by atoms with Crippen molar-refractivity contribution in [1.82, 2.24) is 4.98 Å². The van der Waals surface area contributed by atoms with Crippen molar-refractivity contribution in [1.29, 1.82) is 0 Å². The summed E-state index contributed by atoms with van der Waals surface area (Å²) in [5, 5.41) is 13.3. The first-order chi connectivity index (χ1) is 15.2. The Bertz CT molecular complexity index is 1010. The summed E-state index contributed by atoms with van der Waals surface area (Å²) in [6.07, 6.45) is 6.21. The van der Waals surface area contributed by atoms with Gasteiger partial charge in [-0.05, 0) is 54.5 Å². The molecule has 1 aliphatic carbocycles. The number of fused-ring (bicyclic) bond motifs is 1. The molecule has 158 valence electrons. The minimum absolute atomic E-state index is 0.324. The Morgan fingerprint density at radius 3 is 2.68 bits per heavy atom. The van der Waals surface area contributed by atoms with Crippen LogP contribution in [0.15, 0.2) is 78.2 Å². The van der Waals surface area contributed by atoms with E-state index < -0.39 is 5.97 Å². The first-order valence-corrected chi connectivity index (χ1v) is 10.3. The number of pyridine rings is 1. The molecule has 6 heteroatoms. The zero-order chi connectivity index (χ0) is 21.5. The van der Waals surface area contributed by atoms with Gasteiger partial charge in [0.05, 0.1) is 0 Å². The van der Waals surface area contributed by atoms with E-state index in [1.165, 1.54) is 5.56 Å². The summed E-state index contributed by atoms with van der Waals surface area (Å²) in [5.41, 5.74) is 4.95. The van der Waals surface area contributed by atoms with Crippen LogP contribution in [0.2, 0.25) is 0 Å². The maximum Gasteiger partial charge on any atom is 0.341 e. The molecule has 31 heavy (non-hydrogen) atoms. The highest BCUT2D eigenvalue weighted by Gasteiger charge is 2.25. The van der Waals surface area contributed by atoms with Gasteiger partial charge in [-0.25, -0.2) is 4.79 Å². The smallest absolute Gasteiger partial charge is 0.341 e. The molecule has 3 aromatic rings. The van der Waals surface area contributed by atoms with Gasteiger partial charge in [-0.15, -0.1) is 0 Å². The third kappa shape index (κ3) is 5.09. The fourth-order valence-corrected chi connectivity index (χ4v) is 3.96. The number of carbonyl (C=O) groups is 1. The zero-order valence-electron chi connectivity index (χ0n) is 17.1. The lowest BCUT2D eigenvalue weighted by Crippen LogP contribution is -2.10. The summed E-state index contributed by atoms with van der Waals surface area (Å²) >= 11 is 0. The van der Waals surface area contributed by atoms with Gasteiger partial charge < -0.3 is 14.7 Å². The Balaban J connectivity index is 1.42. The van der Waals surface area contributed by atoms with E-state index in [4.69, 9.17) is 14.7 Å². The molecule has 2 aromatic carbocycles. The zero-order valence-corrected chi connectivity index (χ0v) is 17.1. The third-order valence-corrected chi connectivity index (χ3v) is 5.40. The van der Waals surface area contributed by atoms with Crippen LogP contribution in [0.1, 0.15) is 41.0 Å². The highest BCUT2D eigenvalue weighted by atomic mass is 16.6. The van der Waals surface area contributed by atoms with E-state index in [1.54, 1.807) is 12.4 Å². The highest BCUT2D eigenvalue weighted by Crippen LogP contribution is 2.40. The van der Waals surface area contributed by atoms with Crippen molar-refractivity contribution in [3.63, 3.8) is 0 Å². The van der Waals surface area contributed by atoms with Crippen molar-refractivity contribution < 1.29 is 19.5 Å². The van der Waals surface area contributed by atoms with Crippen LogP contribution in [-0.2, 0) is 16.1 Å². The predicted octanol–water partition coefficient (Wildman–Crippen LogP) is 4.43. The van der Waals surface area contributed by atoms with E-state index in [-0.39, 0.29) is 6.61 Å². The van der Waals surface area contributed by atoms with Crippen LogP contribution >= 0.6 is 0 Å². The molecule has 6 nitrogen and oxygen atoms in total. The molecule has 1 N–H and O–H groups in total. The Hall–Kier alpha value is -3.67. The van der Waals surface area contributed by atoms with Crippen LogP contribution < -0.4 is 4.74 Å². The van der Waals surface area contributed by atoms with Crippen LogP contribution in [-0.4, -0.2) is 35.0 Å². The second-order valence-electron chi connectivity index (χ2n) is 7.41. The fourth-order valence-electron chi connectivity index (χ4n) is 3.96. The van der Waals surface area contributed by atoms with Crippen LogP contribution in [0.5, 0.6) is 5.75 Å². The van der Waals surface area contributed by atoms with Gasteiger partial charge >= 0.3 is 5.97 Å². The number of aliphatic carboxylic acids is 1. The number of benzene rings is 2. The Morgan fingerprint density at radius 1 is 1.06 bits per heavy atom. The van der Waals surface area contributed by atoms with Gasteiger partial charge in [0.25, 0.3) is 0 Å². The molecule has 1 atom stereocenters. The van der Waals surface area contributed by atoms with E-state index in [1.807, 2.05) is 54.6 Å². The molecular formula is C25H24N2O4. The lowest BCUT2D eigenvalue weighted by molar-refractivity contribution is -0.139. The number of rotatable bonds is 9. The summed E-state index contributed by atoms with van der Waals surface area (Å²) in [7, 11) is 0. The van der Waals surface area contributed by atoms with E-state index in [9.17, 15) is 4.79 Å². The number of aromatic nitrogens is 1. The van der Waals surface area contributed by atoms with Gasteiger partial charge in [0.2, 0.25) is 0 Å². The Labute approximate surface area is 181 Å². The van der Waals surface area contributed by atoms with Gasteiger partial charge in [-0.1, -0.05) is 47.6 Å². The van der Waals surface area contributed by atoms with E-state index >= 15 is 0 Å². The number of hydrogen-bond acceptors (Lipinski definition) is 5. The van der Waals surface area contributed by atoms with E-state index in [0.29, 0.717) is 18.3 Å². The van der Waals surface area contributed by atoms with Gasteiger partial charge in [-0.2, -0.15) is 0 Å².